The van der Waals surface area contributed by atoms with E-state index < -0.39 is 20.0 Å². The van der Waals surface area contributed by atoms with E-state index in [4.69, 9.17) is 9.47 Å². The summed E-state index contributed by atoms with van der Waals surface area (Å²) in [6.07, 6.45) is 0. The molecule has 4 heterocycles. The van der Waals surface area contributed by atoms with Crippen molar-refractivity contribution in [3.05, 3.63) is 120 Å². The van der Waals surface area contributed by atoms with Crippen LogP contribution in [0.15, 0.2) is 130 Å². The molecule has 0 bridgehead atoms. The quantitative estimate of drug-likeness (QED) is 0.0955. The fourth-order valence-corrected chi connectivity index (χ4v) is 10.8. The van der Waals surface area contributed by atoms with Gasteiger partial charge in [-0.25, -0.2) is 16.8 Å². The first kappa shape index (κ1) is 43.0. The number of nitrogens with zero attached hydrogens (tertiary/aromatic N) is 2. The number of sulfonamides is 2. The molecule has 2 atom stereocenters. The molecule has 0 amide bonds. The minimum Gasteiger partial charge on any atom is -0.495 e. The molecule has 0 radical (unpaired) electrons. The minimum atomic E-state index is -3.75. The number of hydrogen-bond donors (Lipinski definition) is 4. The van der Waals surface area contributed by atoms with E-state index in [0.29, 0.717) is 35.0 Å². The molecule has 60 heavy (non-hydrogen) atoms. The molecule has 2 aromatic heterocycles. The van der Waals surface area contributed by atoms with Gasteiger partial charge >= 0.3 is 0 Å². The Morgan fingerprint density at radius 1 is 0.583 bits per heavy atom. The molecule has 16 heteroatoms. The van der Waals surface area contributed by atoms with Gasteiger partial charge in [-0.05, 0) is 109 Å². The van der Waals surface area contributed by atoms with Crippen LogP contribution in [0.25, 0.3) is 20.9 Å². The van der Waals surface area contributed by atoms with Crippen molar-refractivity contribution < 1.29 is 26.3 Å². The number of thiophene rings is 2. The Morgan fingerprint density at radius 3 is 1.32 bits per heavy atom. The molecule has 0 unspecified atom stereocenters. The number of piperazine rings is 2. The number of rotatable bonds is 12. The van der Waals surface area contributed by atoms with Crippen LogP contribution < -0.4 is 39.4 Å². The van der Waals surface area contributed by atoms with Crippen molar-refractivity contribution in [2.75, 3.05) is 72.7 Å². The van der Waals surface area contributed by atoms with Crippen molar-refractivity contribution in [2.45, 2.75) is 35.7 Å². The molecule has 316 valence electrons. The molecular weight excluding hydrogens is 837 g/mol. The predicted octanol–water partition coefficient (Wildman–Crippen LogP) is 8.05. The van der Waals surface area contributed by atoms with E-state index in [1.807, 2.05) is 83.6 Å². The Hall–Kier alpha value is -5.10. The topological polar surface area (TPSA) is 141 Å². The smallest absolute Gasteiger partial charge is 0.262 e. The number of hydrogen-bond acceptors (Lipinski definition) is 12. The molecular formula is C44H50N6O6S4. The zero-order valence-corrected chi connectivity index (χ0v) is 37.2. The lowest BCUT2D eigenvalue weighted by Gasteiger charge is -2.34. The molecule has 0 aliphatic carbocycles. The summed E-state index contributed by atoms with van der Waals surface area (Å²) in [5.41, 5.74) is 4.80. The lowest BCUT2D eigenvalue weighted by atomic mass is 10.2. The summed E-state index contributed by atoms with van der Waals surface area (Å²) in [7, 11) is -4.42. The molecule has 0 saturated carbocycles. The first-order valence-electron chi connectivity index (χ1n) is 19.6. The van der Waals surface area contributed by atoms with Crippen molar-refractivity contribution in [3.63, 3.8) is 0 Å². The average Bonchev–Trinajstić information content (AvgIpc) is 4.00. The zero-order valence-electron chi connectivity index (χ0n) is 33.9. The van der Waals surface area contributed by atoms with Crippen molar-refractivity contribution in [2.24, 2.45) is 0 Å². The maximum atomic E-state index is 13.0. The first-order chi connectivity index (χ1) is 28.9. The van der Waals surface area contributed by atoms with Gasteiger partial charge in [-0.2, -0.15) is 0 Å². The van der Waals surface area contributed by atoms with Crippen LogP contribution in [0.4, 0.5) is 22.7 Å². The van der Waals surface area contributed by atoms with E-state index >= 15 is 0 Å². The Balaban J connectivity index is 0.000000181. The van der Waals surface area contributed by atoms with Gasteiger partial charge in [-0.1, -0.05) is 36.4 Å². The summed E-state index contributed by atoms with van der Waals surface area (Å²) < 4.78 is 68.3. The van der Waals surface area contributed by atoms with Gasteiger partial charge in [0, 0.05) is 72.5 Å². The highest BCUT2D eigenvalue weighted by molar-refractivity contribution is 7.93. The Kier molecular flexibility index (Phi) is 13.7. The molecule has 2 saturated heterocycles. The van der Waals surface area contributed by atoms with Crippen molar-refractivity contribution in [1.29, 1.82) is 0 Å². The van der Waals surface area contributed by atoms with E-state index in [-0.39, 0.29) is 9.79 Å². The van der Waals surface area contributed by atoms with Gasteiger partial charge in [-0.3, -0.25) is 9.44 Å². The normalized spacial score (nSPS) is 17.0. The molecule has 4 N–H and O–H groups in total. The van der Waals surface area contributed by atoms with Gasteiger partial charge in [-0.15, -0.1) is 22.7 Å². The molecule has 2 aliphatic heterocycles. The van der Waals surface area contributed by atoms with Gasteiger partial charge in [0.25, 0.3) is 20.0 Å². The largest absolute Gasteiger partial charge is 0.495 e. The summed E-state index contributed by atoms with van der Waals surface area (Å²) in [4.78, 5) is 7.12. The third kappa shape index (κ3) is 10.4. The van der Waals surface area contributed by atoms with Crippen LogP contribution in [-0.2, 0) is 20.0 Å². The van der Waals surface area contributed by atoms with Crippen LogP contribution in [0, 0.1) is 0 Å². The highest BCUT2D eigenvalue weighted by Crippen LogP contribution is 2.35. The van der Waals surface area contributed by atoms with Crippen molar-refractivity contribution in [3.8, 4) is 32.4 Å². The standard InChI is InChI=1S/2C22H25N3O3S2/c2*1-16-15-25(12-11-23-16)18-7-10-21(28-2)20(14-18)24-30(26,27)19-8-5-17(6-9-19)22-4-3-13-29-22/h2*3-10,13-14,16,23-24H,11-12,15H2,1-2H3/t2*16-/m10/s1. The van der Waals surface area contributed by atoms with Crippen LogP contribution in [0.1, 0.15) is 13.8 Å². The van der Waals surface area contributed by atoms with E-state index in [9.17, 15) is 16.8 Å². The van der Waals surface area contributed by atoms with Crippen LogP contribution in [0.2, 0.25) is 0 Å². The van der Waals surface area contributed by atoms with Crippen LogP contribution in [0.3, 0.4) is 0 Å². The molecule has 12 nitrogen and oxygen atoms in total. The molecule has 2 aliphatic rings. The molecule has 2 fully saturated rings. The number of nitrogens with one attached hydrogen (secondary N) is 4. The molecule has 0 spiro atoms. The fourth-order valence-electron chi connectivity index (χ4n) is 7.17. The number of anilines is 4. The summed E-state index contributed by atoms with van der Waals surface area (Å²) in [5, 5.41) is 10.8. The second kappa shape index (κ2) is 19.1. The monoisotopic (exact) mass is 886 g/mol. The van der Waals surface area contributed by atoms with Crippen LogP contribution in [-0.4, -0.2) is 82.4 Å². The Labute approximate surface area is 361 Å². The third-order valence-electron chi connectivity index (χ3n) is 10.3. The lowest BCUT2D eigenvalue weighted by Crippen LogP contribution is -2.49. The van der Waals surface area contributed by atoms with E-state index in [2.05, 4.69) is 43.7 Å². The van der Waals surface area contributed by atoms with Gasteiger partial charge < -0.3 is 29.9 Å². The zero-order chi connectivity index (χ0) is 42.3. The number of benzene rings is 4. The second-order valence-corrected chi connectivity index (χ2v) is 19.8. The fraction of sp³-hybridized carbons (Fsp3) is 0.273. The SMILES string of the molecule is COc1ccc(N2CCN[C@@H](C)C2)cc1NS(=O)(=O)c1ccc(-c2cccs2)cc1.COc1ccc(N2CCN[C@H](C)C2)cc1NS(=O)(=O)c1ccc(-c2cccs2)cc1. The highest BCUT2D eigenvalue weighted by Gasteiger charge is 2.23. The van der Waals surface area contributed by atoms with Gasteiger partial charge in [0.1, 0.15) is 11.5 Å². The number of methoxy groups -OCH3 is 2. The van der Waals surface area contributed by atoms with Gasteiger partial charge in [0.2, 0.25) is 0 Å². The molecule has 6 aromatic rings. The van der Waals surface area contributed by atoms with Crippen LogP contribution in [0.5, 0.6) is 11.5 Å². The summed E-state index contributed by atoms with van der Waals surface area (Å²) in [6, 6.07) is 33.8. The van der Waals surface area contributed by atoms with E-state index in [1.165, 1.54) is 14.2 Å². The van der Waals surface area contributed by atoms with Gasteiger partial charge in [0.05, 0.1) is 35.4 Å². The summed E-state index contributed by atoms with van der Waals surface area (Å²) in [6.45, 7) is 9.53. The lowest BCUT2D eigenvalue weighted by molar-refractivity contribution is 0.416. The second-order valence-electron chi connectivity index (χ2n) is 14.6. The maximum Gasteiger partial charge on any atom is 0.262 e. The Bertz CT molecular complexity index is 2370. The maximum absolute atomic E-state index is 13.0. The third-order valence-corrected chi connectivity index (χ3v) is 14.9. The molecule has 8 rings (SSSR count). The van der Waals surface area contributed by atoms with Crippen molar-refractivity contribution in [1.82, 2.24) is 10.6 Å². The average molecular weight is 887 g/mol. The van der Waals surface area contributed by atoms with Gasteiger partial charge in [0.15, 0.2) is 0 Å². The highest BCUT2D eigenvalue weighted by atomic mass is 32.2. The Morgan fingerprint density at radius 2 is 0.983 bits per heavy atom. The first-order valence-corrected chi connectivity index (χ1v) is 24.3. The molecule has 4 aromatic carbocycles. The minimum absolute atomic E-state index is 0.214. The van der Waals surface area contributed by atoms with E-state index in [0.717, 1.165) is 71.5 Å². The van der Waals surface area contributed by atoms with E-state index in [1.54, 1.807) is 59.1 Å². The number of ether oxygens (including phenoxy) is 2. The summed E-state index contributed by atoms with van der Waals surface area (Å²) >= 11 is 3.24. The van der Waals surface area contributed by atoms with Crippen molar-refractivity contribution >= 4 is 65.5 Å². The predicted molar refractivity (Wildman–Crippen MR) is 246 cm³/mol. The van der Waals surface area contributed by atoms with Crippen LogP contribution >= 0.6 is 22.7 Å². The summed E-state index contributed by atoms with van der Waals surface area (Å²) in [5.74, 6) is 0.974.